The summed E-state index contributed by atoms with van der Waals surface area (Å²) >= 11 is 0. The highest BCUT2D eigenvalue weighted by atomic mass is 19.1. The van der Waals surface area contributed by atoms with E-state index in [9.17, 15) is 4.39 Å². The van der Waals surface area contributed by atoms with Gasteiger partial charge in [0.05, 0.1) is 5.84 Å². The first-order valence-electron chi connectivity index (χ1n) is 4.26. The van der Waals surface area contributed by atoms with Gasteiger partial charge in [-0.05, 0) is 17.7 Å². The van der Waals surface area contributed by atoms with E-state index < -0.39 is 0 Å². The fraction of sp³-hybridized carbons (Fsp3) is 0.300. The molecule has 72 valence electrons. The van der Waals surface area contributed by atoms with Crippen LogP contribution in [0, 0.1) is 11.2 Å². The van der Waals surface area contributed by atoms with Crippen molar-refractivity contribution in [3.05, 3.63) is 35.6 Å². The van der Waals surface area contributed by atoms with Crippen LogP contribution in [0.3, 0.4) is 0 Å². The van der Waals surface area contributed by atoms with Gasteiger partial charge in [-0.3, -0.25) is 5.41 Å². The molecule has 3 N–H and O–H groups in total. The Kier molecular flexibility index (Phi) is 5.52. The summed E-state index contributed by atoms with van der Waals surface area (Å²) in [6, 6.07) is 6.09. The molecule has 0 amide bonds. The lowest BCUT2D eigenvalue weighted by atomic mass is 10.1. The van der Waals surface area contributed by atoms with Crippen molar-refractivity contribution >= 4 is 5.84 Å². The number of amidine groups is 1. The highest BCUT2D eigenvalue weighted by molar-refractivity contribution is 5.79. The molecule has 1 aromatic rings. The molecular formula is C10H15FN2. The minimum atomic E-state index is -0.288. The molecule has 0 heterocycles. The van der Waals surface area contributed by atoms with Gasteiger partial charge in [-0.15, -0.1) is 0 Å². The van der Waals surface area contributed by atoms with E-state index in [2.05, 4.69) is 0 Å². The summed E-state index contributed by atoms with van der Waals surface area (Å²) in [5.41, 5.74) is 5.87. The molecule has 3 heteroatoms. The Morgan fingerprint density at radius 2 is 2.08 bits per heavy atom. The van der Waals surface area contributed by atoms with Gasteiger partial charge in [0.15, 0.2) is 0 Å². The van der Waals surface area contributed by atoms with Gasteiger partial charge in [0.1, 0.15) is 5.82 Å². The average Bonchev–Trinajstić information content (AvgIpc) is 2.06. The highest BCUT2D eigenvalue weighted by Crippen LogP contribution is 2.03. The number of hydrogen-bond acceptors (Lipinski definition) is 1. The van der Waals surface area contributed by atoms with Gasteiger partial charge < -0.3 is 5.73 Å². The maximum Gasteiger partial charge on any atom is 0.123 e. The summed E-state index contributed by atoms with van der Waals surface area (Å²) in [6.45, 7) is 4.00. The molecule has 0 aliphatic carbocycles. The Hall–Kier alpha value is -1.38. The largest absolute Gasteiger partial charge is 0.387 e. The molecular weight excluding hydrogens is 167 g/mol. The third-order valence-corrected chi connectivity index (χ3v) is 1.28. The minimum Gasteiger partial charge on any atom is -0.387 e. The number of rotatable bonds is 2. The molecule has 0 fully saturated rings. The van der Waals surface area contributed by atoms with E-state index in [0.717, 1.165) is 5.56 Å². The Morgan fingerprint density at radius 1 is 1.46 bits per heavy atom. The number of benzene rings is 1. The second-order valence-electron chi connectivity index (χ2n) is 2.33. The van der Waals surface area contributed by atoms with Crippen LogP contribution < -0.4 is 5.73 Å². The van der Waals surface area contributed by atoms with Crippen LogP contribution in [-0.2, 0) is 6.42 Å². The third-order valence-electron chi connectivity index (χ3n) is 1.28. The fourth-order valence-corrected chi connectivity index (χ4v) is 0.867. The van der Waals surface area contributed by atoms with Gasteiger partial charge in [0.2, 0.25) is 0 Å². The van der Waals surface area contributed by atoms with Gasteiger partial charge in [-0.2, -0.15) is 0 Å². The smallest absolute Gasteiger partial charge is 0.123 e. The highest BCUT2D eigenvalue weighted by Gasteiger charge is 1.95. The van der Waals surface area contributed by atoms with Crippen molar-refractivity contribution in [3.8, 4) is 0 Å². The third kappa shape index (κ3) is 4.95. The zero-order valence-electron chi connectivity index (χ0n) is 7.97. The molecule has 0 saturated carbocycles. The van der Waals surface area contributed by atoms with E-state index >= 15 is 0 Å². The molecule has 0 bridgehead atoms. The van der Waals surface area contributed by atoms with Gasteiger partial charge >= 0.3 is 0 Å². The Morgan fingerprint density at radius 3 is 2.54 bits per heavy atom. The van der Waals surface area contributed by atoms with E-state index in [4.69, 9.17) is 11.1 Å². The van der Waals surface area contributed by atoms with Crippen LogP contribution in [0.15, 0.2) is 24.3 Å². The van der Waals surface area contributed by atoms with Crippen molar-refractivity contribution in [2.24, 2.45) is 5.73 Å². The first kappa shape index (κ1) is 11.6. The standard InChI is InChI=1S/C8H9FN2.C2H6/c9-7-3-1-2-6(4-7)5-8(10)11;1-2/h1-4H,5H2,(H3,10,11);1-2H3. The summed E-state index contributed by atoms with van der Waals surface area (Å²) < 4.78 is 12.5. The fourth-order valence-electron chi connectivity index (χ4n) is 0.867. The lowest BCUT2D eigenvalue weighted by Crippen LogP contribution is -2.12. The molecule has 2 nitrogen and oxygen atoms in total. The maximum atomic E-state index is 12.5. The van der Waals surface area contributed by atoms with Crippen molar-refractivity contribution in [2.45, 2.75) is 20.3 Å². The summed E-state index contributed by atoms with van der Waals surface area (Å²) in [6.07, 6.45) is 0.317. The predicted molar refractivity (Wildman–Crippen MR) is 53.4 cm³/mol. The van der Waals surface area contributed by atoms with Crippen LogP contribution in [0.25, 0.3) is 0 Å². The number of nitrogens with one attached hydrogen (secondary N) is 1. The molecule has 0 saturated heterocycles. The van der Waals surface area contributed by atoms with Crippen molar-refractivity contribution in [2.75, 3.05) is 0 Å². The van der Waals surface area contributed by atoms with E-state index in [1.54, 1.807) is 12.1 Å². The SMILES string of the molecule is CC.N=C(N)Cc1cccc(F)c1. The summed E-state index contributed by atoms with van der Waals surface area (Å²) in [4.78, 5) is 0. The Labute approximate surface area is 78.1 Å². The summed E-state index contributed by atoms with van der Waals surface area (Å²) in [5.74, 6) is -0.237. The predicted octanol–water partition coefficient (Wildman–Crippen LogP) is 2.33. The summed E-state index contributed by atoms with van der Waals surface area (Å²) in [7, 11) is 0. The molecule has 0 spiro atoms. The van der Waals surface area contributed by atoms with Crippen LogP contribution in [0.1, 0.15) is 19.4 Å². The molecule has 13 heavy (non-hydrogen) atoms. The zero-order chi connectivity index (χ0) is 10.3. The number of halogens is 1. The first-order valence-corrected chi connectivity index (χ1v) is 4.26. The van der Waals surface area contributed by atoms with Crippen molar-refractivity contribution in [1.82, 2.24) is 0 Å². The first-order chi connectivity index (χ1) is 6.18. The normalized spacial score (nSPS) is 8.54. The Bertz CT molecular complexity index is 271. The zero-order valence-corrected chi connectivity index (χ0v) is 7.97. The molecule has 0 radical (unpaired) electrons. The monoisotopic (exact) mass is 182 g/mol. The topological polar surface area (TPSA) is 49.9 Å². The molecule has 0 aliphatic rings. The van der Waals surface area contributed by atoms with Crippen molar-refractivity contribution < 1.29 is 4.39 Å². The molecule has 0 aromatic heterocycles. The van der Waals surface area contributed by atoms with Gasteiger partial charge in [0, 0.05) is 6.42 Å². The molecule has 0 aliphatic heterocycles. The quantitative estimate of drug-likeness (QED) is 0.535. The van der Waals surface area contributed by atoms with Crippen LogP contribution >= 0.6 is 0 Å². The van der Waals surface area contributed by atoms with E-state index in [0.29, 0.717) is 6.42 Å². The van der Waals surface area contributed by atoms with Gasteiger partial charge in [-0.25, -0.2) is 4.39 Å². The van der Waals surface area contributed by atoms with E-state index in [1.165, 1.54) is 12.1 Å². The summed E-state index contributed by atoms with van der Waals surface area (Å²) in [5, 5.41) is 6.96. The molecule has 1 rings (SSSR count). The maximum absolute atomic E-state index is 12.5. The Balaban J connectivity index is 0.000000671. The number of nitrogens with two attached hydrogens (primary N) is 1. The van der Waals surface area contributed by atoms with Crippen molar-refractivity contribution in [3.63, 3.8) is 0 Å². The van der Waals surface area contributed by atoms with Crippen LogP contribution in [0.5, 0.6) is 0 Å². The van der Waals surface area contributed by atoms with Crippen LogP contribution in [0.4, 0.5) is 4.39 Å². The molecule has 0 unspecified atom stereocenters. The van der Waals surface area contributed by atoms with Crippen LogP contribution in [-0.4, -0.2) is 5.84 Å². The second kappa shape index (κ2) is 6.17. The lowest BCUT2D eigenvalue weighted by Gasteiger charge is -1.97. The van der Waals surface area contributed by atoms with E-state index in [1.807, 2.05) is 13.8 Å². The molecule has 1 aromatic carbocycles. The van der Waals surface area contributed by atoms with Gasteiger partial charge in [-0.1, -0.05) is 26.0 Å². The van der Waals surface area contributed by atoms with Crippen LogP contribution in [0.2, 0.25) is 0 Å². The van der Waals surface area contributed by atoms with E-state index in [-0.39, 0.29) is 11.7 Å². The average molecular weight is 182 g/mol. The second-order valence-corrected chi connectivity index (χ2v) is 2.33. The van der Waals surface area contributed by atoms with Gasteiger partial charge in [0.25, 0.3) is 0 Å². The minimum absolute atomic E-state index is 0.0515. The van der Waals surface area contributed by atoms with Crippen molar-refractivity contribution in [1.29, 1.82) is 5.41 Å². The lowest BCUT2D eigenvalue weighted by molar-refractivity contribution is 0.626. The number of hydrogen-bond donors (Lipinski definition) is 2. The molecule has 0 atom stereocenters.